The van der Waals surface area contributed by atoms with E-state index in [4.69, 9.17) is 18.9 Å². The minimum Gasteiger partial charge on any atom is -0.474 e. The van der Waals surface area contributed by atoms with E-state index in [2.05, 4.69) is 30.0 Å². The number of anilines is 1. The minimum atomic E-state index is -4.62. The van der Waals surface area contributed by atoms with Gasteiger partial charge in [0.05, 0.1) is 44.5 Å². The molecule has 2 saturated heterocycles. The smallest absolute Gasteiger partial charge is 0.434 e. The van der Waals surface area contributed by atoms with Gasteiger partial charge in [-0.05, 0) is 13.8 Å². The number of hydrogen-bond donors (Lipinski definition) is 1. The van der Waals surface area contributed by atoms with Gasteiger partial charge in [-0.1, -0.05) is 0 Å². The molecule has 2 aliphatic rings. The Morgan fingerprint density at radius 3 is 2.62 bits per heavy atom. The first-order chi connectivity index (χ1) is 16.1. The van der Waals surface area contributed by atoms with Crippen molar-refractivity contribution in [2.75, 3.05) is 25.6 Å². The predicted octanol–water partition coefficient (Wildman–Crippen LogP) is 1.85. The van der Waals surface area contributed by atoms with Crippen LogP contribution in [0.1, 0.15) is 30.0 Å². The molecule has 14 heteroatoms. The first kappa shape index (κ1) is 24.0. The standard InChI is InChI=1S/C20H22F3N5O6/c1-19(2)33-16-11(27-14-6-24-5-13(28-14)20(21,22)23)8-31-12(17(16)34-19)9-32-15-7-25-10(4-26-15)18(29)30-3/h4-7,11-12,16-17H,8-9H2,1-3H3,(H,27,28)/t11-,12+,16+,17-/m0/s1. The molecule has 0 saturated carbocycles. The van der Waals surface area contributed by atoms with Crippen molar-refractivity contribution in [1.82, 2.24) is 19.9 Å². The Bertz CT molecular complexity index is 1020. The van der Waals surface area contributed by atoms with Crippen molar-refractivity contribution in [3.63, 3.8) is 0 Å². The molecule has 2 aromatic heterocycles. The number of nitrogens with zero attached hydrogens (tertiary/aromatic N) is 4. The van der Waals surface area contributed by atoms with Crippen LogP contribution in [0.15, 0.2) is 24.8 Å². The highest BCUT2D eigenvalue weighted by molar-refractivity contribution is 5.86. The molecule has 0 aromatic carbocycles. The lowest BCUT2D eigenvalue weighted by atomic mass is 9.98. The number of halogens is 3. The third-order valence-corrected chi connectivity index (χ3v) is 5.09. The van der Waals surface area contributed by atoms with E-state index in [0.717, 1.165) is 0 Å². The number of hydrogen-bond acceptors (Lipinski definition) is 11. The summed E-state index contributed by atoms with van der Waals surface area (Å²) in [7, 11) is 1.23. The highest BCUT2D eigenvalue weighted by Gasteiger charge is 2.52. The zero-order valence-electron chi connectivity index (χ0n) is 18.4. The SMILES string of the molecule is COC(=O)c1cnc(OC[C@H]2OC[C@H](Nc3cncc(C(F)(F)F)n3)[C@H]3OC(C)(C)O[C@H]32)cn1. The van der Waals surface area contributed by atoms with Crippen LogP contribution in [0.25, 0.3) is 0 Å². The average Bonchev–Trinajstić information content (AvgIpc) is 3.13. The maximum atomic E-state index is 13.0. The van der Waals surface area contributed by atoms with E-state index >= 15 is 0 Å². The van der Waals surface area contributed by atoms with Crippen molar-refractivity contribution in [2.24, 2.45) is 0 Å². The quantitative estimate of drug-likeness (QED) is 0.602. The Morgan fingerprint density at radius 2 is 1.94 bits per heavy atom. The van der Waals surface area contributed by atoms with Gasteiger partial charge in [-0.25, -0.2) is 19.7 Å². The molecule has 11 nitrogen and oxygen atoms in total. The molecule has 4 rings (SSSR count). The summed E-state index contributed by atoms with van der Waals surface area (Å²) in [5.41, 5.74) is -1.08. The number of rotatable bonds is 6. The molecular formula is C20H22F3N5O6. The van der Waals surface area contributed by atoms with Crippen molar-refractivity contribution in [3.05, 3.63) is 36.2 Å². The maximum absolute atomic E-state index is 13.0. The molecule has 2 fully saturated rings. The molecule has 0 amide bonds. The summed E-state index contributed by atoms with van der Waals surface area (Å²) >= 11 is 0. The zero-order chi connectivity index (χ0) is 24.5. The first-order valence-electron chi connectivity index (χ1n) is 10.2. The molecule has 0 unspecified atom stereocenters. The molecule has 1 N–H and O–H groups in total. The topological polar surface area (TPSA) is 127 Å². The largest absolute Gasteiger partial charge is 0.474 e. The molecular weight excluding hydrogens is 463 g/mol. The number of nitrogens with one attached hydrogen (secondary N) is 1. The second kappa shape index (κ2) is 9.27. The van der Waals surface area contributed by atoms with Crippen molar-refractivity contribution in [3.8, 4) is 5.88 Å². The number of aromatic nitrogens is 4. The summed E-state index contributed by atoms with van der Waals surface area (Å²) in [6.45, 7) is 3.56. The maximum Gasteiger partial charge on any atom is 0.434 e. The molecule has 4 heterocycles. The number of carbonyl (C=O) groups is 1. The molecule has 0 bridgehead atoms. The van der Waals surface area contributed by atoms with Gasteiger partial charge in [0.15, 0.2) is 17.2 Å². The Labute approximate surface area is 192 Å². The van der Waals surface area contributed by atoms with Gasteiger partial charge < -0.3 is 29.0 Å². The predicted molar refractivity (Wildman–Crippen MR) is 107 cm³/mol. The highest BCUT2D eigenvalue weighted by Crippen LogP contribution is 2.36. The van der Waals surface area contributed by atoms with Gasteiger partial charge in [-0.2, -0.15) is 13.2 Å². The number of ether oxygens (including phenoxy) is 5. The Kier molecular flexibility index (Phi) is 6.55. The van der Waals surface area contributed by atoms with Crippen molar-refractivity contribution in [2.45, 2.75) is 50.2 Å². The number of alkyl halides is 3. The molecule has 0 radical (unpaired) electrons. The summed E-state index contributed by atoms with van der Waals surface area (Å²) in [5, 5.41) is 2.91. The number of carbonyl (C=O) groups excluding carboxylic acids is 1. The fourth-order valence-corrected chi connectivity index (χ4v) is 3.63. The highest BCUT2D eigenvalue weighted by atomic mass is 19.4. The van der Waals surface area contributed by atoms with Crippen molar-refractivity contribution < 1.29 is 41.7 Å². The van der Waals surface area contributed by atoms with Crippen LogP contribution in [0, 0.1) is 0 Å². The Balaban J connectivity index is 1.43. The lowest BCUT2D eigenvalue weighted by molar-refractivity contribution is -0.156. The molecule has 184 valence electrons. The van der Waals surface area contributed by atoms with E-state index < -0.39 is 48.0 Å². The molecule has 0 spiro atoms. The van der Waals surface area contributed by atoms with Crippen molar-refractivity contribution in [1.29, 1.82) is 0 Å². The second-order valence-corrected chi connectivity index (χ2v) is 8.02. The van der Waals surface area contributed by atoms with Crippen LogP contribution in [0.5, 0.6) is 5.88 Å². The van der Waals surface area contributed by atoms with Crippen molar-refractivity contribution >= 4 is 11.8 Å². The summed E-state index contributed by atoms with van der Waals surface area (Å²) in [4.78, 5) is 26.6. The van der Waals surface area contributed by atoms with Crippen LogP contribution in [-0.4, -0.2) is 76.4 Å². The lowest BCUT2D eigenvalue weighted by Crippen LogP contribution is -2.55. The van der Waals surface area contributed by atoms with Crippen LogP contribution in [0.3, 0.4) is 0 Å². The number of esters is 1. The van der Waals surface area contributed by atoms with Gasteiger partial charge >= 0.3 is 12.1 Å². The van der Waals surface area contributed by atoms with E-state index in [9.17, 15) is 18.0 Å². The second-order valence-electron chi connectivity index (χ2n) is 8.02. The van der Waals surface area contributed by atoms with Gasteiger partial charge in [-0.3, -0.25) is 4.98 Å². The summed E-state index contributed by atoms with van der Waals surface area (Å²) in [6, 6.07) is -0.556. The van der Waals surface area contributed by atoms with E-state index in [1.54, 1.807) is 13.8 Å². The fourth-order valence-electron chi connectivity index (χ4n) is 3.63. The third kappa shape index (κ3) is 5.34. The number of methoxy groups -OCH3 is 1. The minimum absolute atomic E-state index is 0.0307. The van der Waals surface area contributed by atoms with Gasteiger partial charge in [0.25, 0.3) is 0 Å². The van der Waals surface area contributed by atoms with Crippen LogP contribution in [0.2, 0.25) is 0 Å². The zero-order valence-corrected chi connectivity index (χ0v) is 18.4. The average molecular weight is 485 g/mol. The molecule has 34 heavy (non-hydrogen) atoms. The van der Waals surface area contributed by atoms with Gasteiger partial charge in [0.2, 0.25) is 5.88 Å². The van der Waals surface area contributed by atoms with E-state index in [1.165, 1.54) is 25.7 Å². The summed E-state index contributed by atoms with van der Waals surface area (Å²) < 4.78 is 67.0. The Hall–Kier alpha value is -3.10. The van der Waals surface area contributed by atoms with E-state index in [1.807, 2.05) is 0 Å². The van der Waals surface area contributed by atoms with Crippen LogP contribution in [-0.2, 0) is 25.1 Å². The van der Waals surface area contributed by atoms with Gasteiger partial charge in [-0.15, -0.1) is 0 Å². The van der Waals surface area contributed by atoms with E-state index in [-0.39, 0.29) is 30.6 Å². The van der Waals surface area contributed by atoms with Gasteiger partial charge in [0, 0.05) is 0 Å². The van der Waals surface area contributed by atoms with Crippen LogP contribution < -0.4 is 10.1 Å². The number of fused-ring (bicyclic) bond motifs is 1. The summed E-state index contributed by atoms with van der Waals surface area (Å²) in [5.74, 6) is -1.49. The first-order valence-corrected chi connectivity index (χ1v) is 10.2. The third-order valence-electron chi connectivity index (χ3n) is 5.09. The molecule has 2 aliphatic heterocycles. The van der Waals surface area contributed by atoms with Crippen LogP contribution >= 0.6 is 0 Å². The normalized spacial score (nSPS) is 25.9. The molecule has 2 aromatic rings. The molecule has 4 atom stereocenters. The van der Waals surface area contributed by atoms with Crippen LogP contribution in [0.4, 0.5) is 19.0 Å². The Morgan fingerprint density at radius 1 is 1.18 bits per heavy atom. The monoisotopic (exact) mass is 485 g/mol. The van der Waals surface area contributed by atoms with E-state index in [0.29, 0.717) is 6.20 Å². The lowest BCUT2D eigenvalue weighted by Gasteiger charge is -2.37. The molecule has 0 aliphatic carbocycles. The summed E-state index contributed by atoms with van der Waals surface area (Å²) in [6.07, 6.45) is -2.01. The fraction of sp³-hybridized carbons (Fsp3) is 0.550. The van der Waals surface area contributed by atoms with Gasteiger partial charge in [0.1, 0.15) is 30.7 Å².